The summed E-state index contributed by atoms with van der Waals surface area (Å²) in [5.41, 5.74) is 0.418. The average molecular weight is 428 g/mol. The van der Waals surface area contributed by atoms with Crippen molar-refractivity contribution in [3.63, 3.8) is 0 Å². The Morgan fingerprint density at radius 3 is 1.97 bits per heavy atom. The Morgan fingerprint density at radius 2 is 1.41 bits per heavy atom. The lowest BCUT2D eigenvalue weighted by Crippen LogP contribution is -2.20. The van der Waals surface area contributed by atoms with Gasteiger partial charge in [-0.05, 0) is 48.5 Å². The molecular formula is C22H19O5S2+. The van der Waals surface area contributed by atoms with E-state index in [9.17, 15) is 13.2 Å². The molecule has 0 aliphatic carbocycles. The zero-order valence-corrected chi connectivity index (χ0v) is 17.1. The van der Waals surface area contributed by atoms with Crippen molar-refractivity contribution in [2.24, 2.45) is 0 Å². The summed E-state index contributed by atoms with van der Waals surface area (Å²) in [7, 11) is -4.16. The molecule has 0 saturated carbocycles. The number of hydrogen-bond donors (Lipinski definition) is 1. The van der Waals surface area contributed by atoms with Gasteiger partial charge in [-0.15, -0.1) is 0 Å². The number of benzene rings is 3. The van der Waals surface area contributed by atoms with Crippen LogP contribution < -0.4 is 0 Å². The van der Waals surface area contributed by atoms with Crippen LogP contribution in [0.5, 0.6) is 0 Å². The minimum atomic E-state index is -3.56. The summed E-state index contributed by atoms with van der Waals surface area (Å²) in [5, 5.41) is 8.79. The van der Waals surface area contributed by atoms with E-state index in [1.807, 2.05) is 36.4 Å². The van der Waals surface area contributed by atoms with Gasteiger partial charge in [0, 0.05) is 13.0 Å². The maximum absolute atomic E-state index is 13.1. The molecule has 0 fully saturated rings. The molecule has 0 bridgehead atoms. The molecule has 1 aliphatic rings. The van der Waals surface area contributed by atoms with Crippen LogP contribution in [0, 0.1) is 0 Å². The highest BCUT2D eigenvalue weighted by Crippen LogP contribution is 2.44. The second kappa shape index (κ2) is 8.02. The van der Waals surface area contributed by atoms with Gasteiger partial charge >= 0.3 is 5.97 Å². The second-order valence-corrected chi connectivity index (χ2v) is 10.3. The zero-order valence-electron chi connectivity index (χ0n) is 15.4. The molecule has 0 aromatic heterocycles. The predicted molar refractivity (Wildman–Crippen MR) is 109 cm³/mol. The van der Waals surface area contributed by atoms with E-state index >= 15 is 0 Å². The first-order valence-corrected chi connectivity index (χ1v) is 11.8. The summed E-state index contributed by atoms with van der Waals surface area (Å²) in [6, 6.07) is 21.2. The quantitative estimate of drug-likeness (QED) is 0.300. The summed E-state index contributed by atoms with van der Waals surface area (Å²) in [6.07, 6.45) is 0.398. The number of carbonyl (C=O) groups is 1. The molecule has 0 atom stereocenters. The molecule has 0 saturated heterocycles. The van der Waals surface area contributed by atoms with Gasteiger partial charge in [0.2, 0.25) is 9.84 Å². The van der Waals surface area contributed by atoms with E-state index in [4.69, 9.17) is 9.84 Å². The SMILES string of the molecule is O=C(OCCCO)c1ccc([S+]2c3ccccc3S(=O)(=O)c3ccccc32)cc1. The number of sulfone groups is 1. The molecule has 3 aromatic carbocycles. The van der Waals surface area contributed by atoms with Crippen molar-refractivity contribution in [3.05, 3.63) is 78.4 Å². The standard InChI is InChI=1S/C22H19O5S2/c23-14-5-15-27-22(24)16-10-12-17(13-11-16)28-18-6-1-3-8-20(18)29(25,26)21-9-4-2-7-19(21)28/h1-4,6-13,23H,5,14-15H2/q+1. The number of fused-ring (bicyclic) bond motifs is 2. The van der Waals surface area contributed by atoms with Crippen molar-refractivity contribution >= 4 is 26.7 Å². The van der Waals surface area contributed by atoms with Crippen molar-refractivity contribution in [2.45, 2.75) is 30.9 Å². The van der Waals surface area contributed by atoms with E-state index in [1.54, 1.807) is 36.4 Å². The van der Waals surface area contributed by atoms with E-state index in [0.29, 0.717) is 21.8 Å². The highest BCUT2D eigenvalue weighted by Gasteiger charge is 2.44. The normalized spacial score (nSPS) is 14.7. The summed E-state index contributed by atoms with van der Waals surface area (Å²) < 4.78 is 31.3. The van der Waals surface area contributed by atoms with Crippen LogP contribution in [0.1, 0.15) is 16.8 Å². The van der Waals surface area contributed by atoms with Gasteiger partial charge in [-0.1, -0.05) is 24.3 Å². The molecule has 0 radical (unpaired) electrons. The van der Waals surface area contributed by atoms with Gasteiger partial charge in [-0.2, -0.15) is 0 Å². The third-order valence-corrected chi connectivity index (χ3v) is 9.04. The van der Waals surface area contributed by atoms with Crippen LogP contribution in [-0.2, 0) is 25.5 Å². The van der Waals surface area contributed by atoms with Crippen molar-refractivity contribution in [2.75, 3.05) is 13.2 Å². The zero-order chi connectivity index (χ0) is 20.4. The van der Waals surface area contributed by atoms with Gasteiger partial charge in [0.15, 0.2) is 14.7 Å². The molecule has 3 aromatic rings. The van der Waals surface area contributed by atoms with E-state index in [0.717, 1.165) is 14.7 Å². The van der Waals surface area contributed by atoms with Gasteiger partial charge in [-0.25, -0.2) is 13.2 Å². The Kier molecular flexibility index (Phi) is 5.45. The number of hydrogen-bond acceptors (Lipinski definition) is 5. The molecule has 29 heavy (non-hydrogen) atoms. The molecule has 7 heteroatoms. The Labute approximate surface area is 172 Å². The minimum Gasteiger partial charge on any atom is -0.462 e. The van der Waals surface area contributed by atoms with Crippen molar-refractivity contribution in [3.8, 4) is 0 Å². The van der Waals surface area contributed by atoms with Crippen LogP contribution in [0.3, 0.4) is 0 Å². The Hall–Kier alpha value is -2.61. The largest absolute Gasteiger partial charge is 0.462 e. The number of carbonyl (C=O) groups excluding carboxylic acids is 1. The van der Waals surface area contributed by atoms with Crippen molar-refractivity contribution < 1.29 is 23.1 Å². The molecule has 0 amide bonds. The maximum atomic E-state index is 13.1. The second-order valence-electron chi connectivity index (χ2n) is 6.44. The first-order valence-electron chi connectivity index (χ1n) is 9.09. The number of ether oxygens (including phenoxy) is 1. The minimum absolute atomic E-state index is 0.0310. The van der Waals surface area contributed by atoms with Gasteiger partial charge in [0.05, 0.1) is 12.2 Å². The summed E-state index contributed by atoms with van der Waals surface area (Å²) >= 11 is 0. The Bertz CT molecular complexity index is 1100. The van der Waals surface area contributed by atoms with Gasteiger partial charge in [0.25, 0.3) is 0 Å². The fourth-order valence-electron chi connectivity index (χ4n) is 3.21. The molecule has 0 spiro atoms. The molecule has 1 heterocycles. The van der Waals surface area contributed by atoms with Crippen LogP contribution in [0.2, 0.25) is 0 Å². The lowest BCUT2D eigenvalue weighted by molar-refractivity contribution is 0.0482. The Balaban J connectivity index is 1.75. The molecule has 148 valence electrons. The maximum Gasteiger partial charge on any atom is 0.338 e. The van der Waals surface area contributed by atoms with E-state index in [1.165, 1.54) is 0 Å². The molecule has 4 rings (SSSR count). The lowest BCUT2D eigenvalue weighted by atomic mass is 10.2. The van der Waals surface area contributed by atoms with Gasteiger partial charge in [-0.3, -0.25) is 0 Å². The molecule has 1 N–H and O–H groups in total. The number of aliphatic hydroxyl groups excluding tert-OH is 1. The summed E-state index contributed by atoms with van der Waals surface area (Å²) in [4.78, 5) is 15.2. The topological polar surface area (TPSA) is 80.7 Å². The van der Waals surface area contributed by atoms with Crippen LogP contribution in [0.15, 0.2) is 97.3 Å². The van der Waals surface area contributed by atoms with E-state index in [2.05, 4.69) is 0 Å². The van der Waals surface area contributed by atoms with Crippen LogP contribution >= 0.6 is 0 Å². The van der Waals surface area contributed by atoms with Crippen LogP contribution in [0.4, 0.5) is 0 Å². The van der Waals surface area contributed by atoms with Crippen molar-refractivity contribution in [1.29, 1.82) is 0 Å². The van der Waals surface area contributed by atoms with Crippen LogP contribution in [-0.4, -0.2) is 32.7 Å². The van der Waals surface area contributed by atoms with Gasteiger partial charge in [0.1, 0.15) is 20.7 Å². The van der Waals surface area contributed by atoms with E-state index in [-0.39, 0.29) is 13.2 Å². The third-order valence-electron chi connectivity index (χ3n) is 4.58. The lowest BCUT2D eigenvalue weighted by Gasteiger charge is -2.19. The monoisotopic (exact) mass is 427 g/mol. The summed E-state index contributed by atoms with van der Waals surface area (Å²) in [5.74, 6) is -0.444. The average Bonchev–Trinajstić information content (AvgIpc) is 2.75. The molecule has 1 aliphatic heterocycles. The number of esters is 1. The van der Waals surface area contributed by atoms with Crippen molar-refractivity contribution in [1.82, 2.24) is 0 Å². The molecule has 0 unspecified atom stereocenters. The molecular weight excluding hydrogens is 408 g/mol. The fourth-order valence-corrected chi connectivity index (χ4v) is 7.91. The Morgan fingerprint density at radius 1 is 0.862 bits per heavy atom. The third kappa shape index (κ3) is 3.57. The first kappa shape index (κ1) is 19.7. The predicted octanol–water partition coefficient (Wildman–Crippen LogP) is 3.47. The van der Waals surface area contributed by atoms with E-state index < -0.39 is 26.7 Å². The number of aliphatic hydroxyl groups is 1. The highest BCUT2D eigenvalue weighted by atomic mass is 32.2. The highest BCUT2D eigenvalue weighted by molar-refractivity contribution is 8.00. The first-order chi connectivity index (χ1) is 14.0. The number of rotatable bonds is 5. The smallest absolute Gasteiger partial charge is 0.338 e. The molecule has 5 nitrogen and oxygen atoms in total. The summed E-state index contributed by atoms with van der Waals surface area (Å²) in [6.45, 7) is 0.136. The van der Waals surface area contributed by atoms with Gasteiger partial charge < -0.3 is 9.84 Å². The fraction of sp³-hybridized carbons (Fsp3) is 0.136. The van der Waals surface area contributed by atoms with Crippen LogP contribution in [0.25, 0.3) is 0 Å².